The van der Waals surface area contributed by atoms with Crippen molar-refractivity contribution in [1.29, 1.82) is 0 Å². The molecule has 154 valence electrons. The normalized spacial score (nSPS) is 11.6. The molecule has 0 spiro atoms. The molecule has 0 radical (unpaired) electrons. The Morgan fingerprint density at radius 1 is 0.897 bits per heavy atom. The monoisotopic (exact) mass is 392 g/mol. The fraction of sp³-hybridized carbons (Fsp3) is 0.400. The van der Waals surface area contributed by atoms with Crippen LogP contribution in [-0.4, -0.2) is 16.2 Å². The Hall–Kier alpha value is -2.75. The van der Waals surface area contributed by atoms with Gasteiger partial charge in [0.15, 0.2) is 0 Å². The highest BCUT2D eigenvalue weighted by Crippen LogP contribution is 2.22. The highest BCUT2D eigenvalue weighted by Gasteiger charge is 2.13. The first-order valence-corrected chi connectivity index (χ1v) is 10.3. The summed E-state index contributed by atoms with van der Waals surface area (Å²) in [6.45, 7) is 7.24. The van der Waals surface area contributed by atoms with E-state index in [4.69, 9.17) is 4.74 Å². The lowest BCUT2D eigenvalue weighted by Crippen LogP contribution is -2.23. The van der Waals surface area contributed by atoms with E-state index in [1.807, 2.05) is 29.9 Å². The van der Waals surface area contributed by atoms with Gasteiger partial charge in [-0.15, -0.1) is 0 Å². The molecular weight excluding hydrogens is 360 g/mol. The summed E-state index contributed by atoms with van der Waals surface area (Å²) in [4.78, 5) is 12.6. The molecule has 0 aliphatic heterocycles. The Morgan fingerprint density at radius 2 is 1.52 bits per heavy atom. The number of hydrogen-bond donors (Lipinski definition) is 0. The first-order chi connectivity index (χ1) is 13.8. The molecule has 0 saturated heterocycles. The summed E-state index contributed by atoms with van der Waals surface area (Å²) in [5.74, 6) is 0.878. The molecule has 0 fully saturated rings. The summed E-state index contributed by atoms with van der Waals surface area (Å²) in [5, 5.41) is 0. The second-order valence-corrected chi connectivity index (χ2v) is 8.74. The van der Waals surface area contributed by atoms with Crippen LogP contribution in [0.25, 0.3) is 0 Å². The molecule has 0 saturated carbocycles. The van der Waals surface area contributed by atoms with E-state index in [0.717, 1.165) is 36.3 Å². The molecule has 0 aliphatic rings. The van der Waals surface area contributed by atoms with Crippen LogP contribution in [0, 0.1) is 0 Å². The van der Waals surface area contributed by atoms with Crippen molar-refractivity contribution in [2.24, 2.45) is 7.05 Å². The lowest BCUT2D eigenvalue weighted by molar-refractivity contribution is 0.414. The molecule has 3 aromatic rings. The third-order valence-electron chi connectivity index (χ3n) is 5.50. The van der Waals surface area contributed by atoms with Crippen LogP contribution in [0.15, 0.2) is 59.5 Å². The first-order valence-electron chi connectivity index (χ1n) is 10.3. The van der Waals surface area contributed by atoms with Crippen LogP contribution in [0.3, 0.4) is 0 Å². The Labute approximate surface area is 173 Å². The topological polar surface area (TPSA) is 36.2 Å². The third kappa shape index (κ3) is 5.20. The van der Waals surface area contributed by atoms with Crippen LogP contribution < -0.4 is 10.4 Å². The Kier molecular flexibility index (Phi) is 6.31. The average molecular weight is 393 g/mol. The van der Waals surface area contributed by atoms with Gasteiger partial charge < -0.3 is 4.74 Å². The second-order valence-electron chi connectivity index (χ2n) is 8.74. The molecule has 3 rings (SSSR count). The average Bonchev–Trinajstić information content (AvgIpc) is 2.96. The molecular formula is C25H32N2O2. The predicted octanol–water partition coefficient (Wildman–Crippen LogP) is 4.72. The number of ether oxygens (including phenoxy) is 1. The number of nitrogens with zero attached hydrogens (tertiary/aromatic N) is 2. The molecule has 0 atom stereocenters. The van der Waals surface area contributed by atoms with Crippen molar-refractivity contribution in [1.82, 2.24) is 9.13 Å². The van der Waals surface area contributed by atoms with E-state index >= 15 is 0 Å². The first kappa shape index (κ1) is 21.0. The SMILES string of the molecule is COc1ccc(CCCc2cn(Cc3ccc(C(C)(C)C)cc3)c(=O)n2C)cc1. The Morgan fingerprint density at radius 3 is 2.10 bits per heavy atom. The lowest BCUT2D eigenvalue weighted by Gasteiger charge is -2.19. The fourth-order valence-corrected chi connectivity index (χ4v) is 3.56. The summed E-state index contributed by atoms with van der Waals surface area (Å²) < 4.78 is 8.80. The Bertz CT molecular complexity index is 987. The van der Waals surface area contributed by atoms with Crippen molar-refractivity contribution >= 4 is 0 Å². The van der Waals surface area contributed by atoms with E-state index in [0.29, 0.717) is 6.54 Å². The zero-order valence-electron chi connectivity index (χ0n) is 18.2. The maximum atomic E-state index is 12.6. The standard InChI is InChI=1S/C25H32N2O2/c1-25(2,3)21-13-9-20(10-14-21)17-27-18-22(26(4)24(27)28)8-6-7-19-11-15-23(29-5)16-12-19/h9-16,18H,6-8,17H2,1-5H3. The van der Waals surface area contributed by atoms with E-state index < -0.39 is 0 Å². The van der Waals surface area contributed by atoms with Crippen molar-refractivity contribution in [3.8, 4) is 5.75 Å². The summed E-state index contributed by atoms with van der Waals surface area (Å²) >= 11 is 0. The van der Waals surface area contributed by atoms with Gasteiger partial charge in [0.2, 0.25) is 0 Å². The van der Waals surface area contributed by atoms with E-state index in [1.54, 1.807) is 11.7 Å². The van der Waals surface area contributed by atoms with Gasteiger partial charge in [-0.25, -0.2) is 4.79 Å². The highest BCUT2D eigenvalue weighted by atomic mass is 16.5. The van der Waals surface area contributed by atoms with Crippen LogP contribution in [0.5, 0.6) is 5.75 Å². The van der Waals surface area contributed by atoms with Crippen LogP contribution in [0.2, 0.25) is 0 Å². The third-order valence-corrected chi connectivity index (χ3v) is 5.50. The molecule has 0 unspecified atom stereocenters. The van der Waals surface area contributed by atoms with Gasteiger partial charge in [-0.1, -0.05) is 57.2 Å². The van der Waals surface area contributed by atoms with E-state index in [9.17, 15) is 4.79 Å². The van der Waals surface area contributed by atoms with E-state index in [2.05, 4.69) is 57.2 Å². The molecule has 0 aliphatic carbocycles. The van der Waals surface area contributed by atoms with Crippen molar-refractivity contribution in [2.45, 2.75) is 52.0 Å². The number of imidazole rings is 1. The smallest absolute Gasteiger partial charge is 0.328 e. The van der Waals surface area contributed by atoms with Gasteiger partial charge in [-0.2, -0.15) is 0 Å². The molecule has 0 N–H and O–H groups in total. The van der Waals surface area contributed by atoms with Gasteiger partial charge in [-0.05, 0) is 53.5 Å². The van der Waals surface area contributed by atoms with Gasteiger partial charge in [0.05, 0.1) is 13.7 Å². The molecule has 1 aromatic heterocycles. The van der Waals surface area contributed by atoms with Gasteiger partial charge in [0, 0.05) is 18.9 Å². The van der Waals surface area contributed by atoms with Gasteiger partial charge in [0.1, 0.15) is 5.75 Å². The maximum absolute atomic E-state index is 12.6. The van der Waals surface area contributed by atoms with Crippen LogP contribution >= 0.6 is 0 Å². The molecule has 0 amide bonds. The van der Waals surface area contributed by atoms with Crippen LogP contribution in [0.1, 0.15) is 49.6 Å². The van der Waals surface area contributed by atoms with Crippen molar-refractivity contribution in [3.05, 3.63) is 87.6 Å². The summed E-state index contributed by atoms with van der Waals surface area (Å²) in [6, 6.07) is 16.8. The number of methoxy groups -OCH3 is 1. The van der Waals surface area contributed by atoms with Crippen molar-refractivity contribution < 1.29 is 4.74 Å². The number of rotatable bonds is 7. The Balaban J connectivity index is 1.63. The predicted molar refractivity (Wildman–Crippen MR) is 119 cm³/mol. The van der Waals surface area contributed by atoms with Gasteiger partial charge >= 0.3 is 5.69 Å². The fourth-order valence-electron chi connectivity index (χ4n) is 3.56. The summed E-state index contributed by atoms with van der Waals surface area (Å²) in [7, 11) is 3.55. The maximum Gasteiger partial charge on any atom is 0.328 e. The zero-order chi connectivity index (χ0) is 21.0. The molecule has 4 nitrogen and oxygen atoms in total. The van der Waals surface area contributed by atoms with Gasteiger partial charge in [0.25, 0.3) is 0 Å². The van der Waals surface area contributed by atoms with Crippen LogP contribution in [-0.2, 0) is 31.8 Å². The highest BCUT2D eigenvalue weighted by molar-refractivity contribution is 5.28. The number of hydrogen-bond acceptors (Lipinski definition) is 2. The zero-order valence-corrected chi connectivity index (χ0v) is 18.2. The minimum atomic E-state index is 0.0457. The number of benzene rings is 2. The van der Waals surface area contributed by atoms with E-state index in [1.165, 1.54) is 11.1 Å². The van der Waals surface area contributed by atoms with Crippen LogP contribution in [0.4, 0.5) is 0 Å². The number of aromatic nitrogens is 2. The molecule has 0 bridgehead atoms. The van der Waals surface area contributed by atoms with Gasteiger partial charge in [-0.3, -0.25) is 9.13 Å². The molecule has 1 heterocycles. The molecule has 4 heteroatoms. The van der Waals surface area contributed by atoms with E-state index in [-0.39, 0.29) is 11.1 Å². The minimum Gasteiger partial charge on any atom is -0.497 e. The summed E-state index contributed by atoms with van der Waals surface area (Å²) in [6.07, 6.45) is 4.88. The quantitative estimate of drug-likeness (QED) is 0.583. The molecule has 29 heavy (non-hydrogen) atoms. The molecule has 2 aromatic carbocycles. The second kappa shape index (κ2) is 8.73. The largest absolute Gasteiger partial charge is 0.497 e. The number of aryl methyl sites for hydroxylation is 2. The van der Waals surface area contributed by atoms with Crippen molar-refractivity contribution in [3.63, 3.8) is 0 Å². The van der Waals surface area contributed by atoms with Crippen molar-refractivity contribution in [2.75, 3.05) is 7.11 Å². The minimum absolute atomic E-state index is 0.0457. The summed E-state index contributed by atoms with van der Waals surface area (Å²) in [5.41, 5.74) is 5.00. The lowest BCUT2D eigenvalue weighted by atomic mass is 9.87.